The van der Waals surface area contributed by atoms with Gasteiger partial charge in [0.2, 0.25) is 0 Å². The van der Waals surface area contributed by atoms with E-state index in [1.54, 1.807) is 22.1 Å². The van der Waals surface area contributed by atoms with Gasteiger partial charge < -0.3 is 4.74 Å². The van der Waals surface area contributed by atoms with Crippen molar-refractivity contribution >= 4 is 45.4 Å². The van der Waals surface area contributed by atoms with Crippen molar-refractivity contribution in [3.05, 3.63) is 80.5 Å². The van der Waals surface area contributed by atoms with E-state index in [1.165, 1.54) is 16.6 Å². The first-order chi connectivity index (χ1) is 19.5. The number of carbonyl (C=O) groups excluding carboxylic acids is 1. The lowest BCUT2D eigenvalue weighted by Crippen LogP contribution is -2.24. The molecule has 7 nitrogen and oxygen atoms in total. The summed E-state index contributed by atoms with van der Waals surface area (Å²) in [4.78, 5) is 33.4. The van der Waals surface area contributed by atoms with Gasteiger partial charge in [0.15, 0.2) is 5.16 Å². The minimum absolute atomic E-state index is 0.0630. The minimum Gasteiger partial charge on any atom is -0.494 e. The number of nitrogens with zero attached hydrogens (tertiary/aromatic N) is 3. The number of aromatic nitrogens is 2. The van der Waals surface area contributed by atoms with Crippen molar-refractivity contribution < 1.29 is 9.53 Å². The van der Waals surface area contributed by atoms with E-state index in [4.69, 9.17) is 9.72 Å². The predicted molar refractivity (Wildman–Crippen MR) is 165 cm³/mol. The van der Waals surface area contributed by atoms with Crippen LogP contribution in [-0.2, 0) is 17.6 Å². The van der Waals surface area contributed by atoms with Crippen LogP contribution in [0.3, 0.4) is 0 Å². The van der Waals surface area contributed by atoms with Crippen molar-refractivity contribution in [2.75, 3.05) is 12.4 Å². The molecule has 1 aliphatic rings. The molecular formula is C31H34N4O3S2. The number of benzene rings is 2. The van der Waals surface area contributed by atoms with Gasteiger partial charge in [-0.3, -0.25) is 14.2 Å². The quantitative estimate of drug-likeness (QED) is 0.0732. The molecule has 0 saturated heterocycles. The smallest absolute Gasteiger partial charge is 0.267 e. The zero-order valence-electron chi connectivity index (χ0n) is 22.9. The molecule has 0 spiro atoms. The van der Waals surface area contributed by atoms with Gasteiger partial charge in [-0.25, -0.2) is 10.4 Å². The van der Waals surface area contributed by atoms with Crippen molar-refractivity contribution in [2.45, 2.75) is 63.9 Å². The van der Waals surface area contributed by atoms with Crippen LogP contribution in [0.4, 0.5) is 0 Å². The number of hydrogen-bond donors (Lipinski definition) is 1. The van der Waals surface area contributed by atoms with E-state index >= 15 is 0 Å². The molecule has 9 heteroatoms. The van der Waals surface area contributed by atoms with Crippen LogP contribution in [-0.4, -0.2) is 34.0 Å². The average Bonchev–Trinajstić information content (AvgIpc) is 3.34. The number of rotatable bonds is 11. The molecule has 2 aromatic carbocycles. The Labute approximate surface area is 242 Å². The van der Waals surface area contributed by atoms with Crippen LogP contribution in [0.2, 0.25) is 0 Å². The molecule has 0 saturated carbocycles. The van der Waals surface area contributed by atoms with E-state index in [0.29, 0.717) is 11.8 Å². The van der Waals surface area contributed by atoms with Gasteiger partial charge in [-0.15, -0.1) is 11.3 Å². The van der Waals surface area contributed by atoms with Crippen LogP contribution in [0, 0.1) is 6.92 Å². The summed E-state index contributed by atoms with van der Waals surface area (Å²) in [7, 11) is 0. The van der Waals surface area contributed by atoms with Crippen LogP contribution in [0.25, 0.3) is 15.9 Å². The number of ether oxygens (including phenoxy) is 1. The number of nitrogens with one attached hydrogen (secondary N) is 1. The number of unbranched alkanes of at least 4 members (excludes halogenated alkanes) is 2. The Kier molecular flexibility index (Phi) is 9.34. The highest BCUT2D eigenvalue weighted by Crippen LogP contribution is 2.35. The van der Waals surface area contributed by atoms with E-state index in [9.17, 15) is 9.59 Å². The first-order valence-electron chi connectivity index (χ1n) is 13.9. The number of amides is 1. The Morgan fingerprint density at radius 3 is 2.67 bits per heavy atom. The fraction of sp³-hybridized carbons (Fsp3) is 0.355. The van der Waals surface area contributed by atoms with Crippen molar-refractivity contribution in [3.8, 4) is 11.4 Å². The molecule has 1 amide bonds. The number of hydrogen-bond acceptors (Lipinski definition) is 7. The molecule has 208 valence electrons. The molecule has 2 aromatic heterocycles. The van der Waals surface area contributed by atoms with Gasteiger partial charge in [-0.2, -0.15) is 5.10 Å². The van der Waals surface area contributed by atoms with Gasteiger partial charge >= 0.3 is 0 Å². The van der Waals surface area contributed by atoms with E-state index in [0.717, 1.165) is 83.3 Å². The normalized spacial score (nSPS) is 13.1. The fourth-order valence-electron chi connectivity index (χ4n) is 4.74. The Bertz CT molecular complexity index is 1560. The molecule has 0 radical (unpaired) electrons. The molecule has 0 bridgehead atoms. The van der Waals surface area contributed by atoms with Gasteiger partial charge in [0.05, 0.1) is 29.6 Å². The van der Waals surface area contributed by atoms with Crippen LogP contribution in [0.1, 0.15) is 60.6 Å². The molecule has 0 aliphatic heterocycles. The number of thioether (sulfide) groups is 1. The minimum atomic E-state index is -0.271. The third kappa shape index (κ3) is 6.64. The summed E-state index contributed by atoms with van der Waals surface area (Å²) in [6.07, 6.45) is 9.13. The van der Waals surface area contributed by atoms with Gasteiger partial charge in [-0.05, 0) is 86.6 Å². The highest BCUT2D eigenvalue weighted by atomic mass is 32.2. The average molecular weight is 575 g/mol. The summed E-state index contributed by atoms with van der Waals surface area (Å²) in [6.45, 7) is 4.89. The molecular weight excluding hydrogens is 541 g/mol. The third-order valence-electron chi connectivity index (χ3n) is 6.88. The zero-order chi connectivity index (χ0) is 27.9. The van der Waals surface area contributed by atoms with Crippen molar-refractivity contribution in [2.24, 2.45) is 5.10 Å². The maximum atomic E-state index is 13.8. The molecule has 1 N–H and O–H groups in total. The fourth-order valence-corrected chi connectivity index (χ4v) is 6.85. The Morgan fingerprint density at radius 2 is 1.90 bits per heavy atom. The Balaban J connectivity index is 1.28. The lowest BCUT2D eigenvalue weighted by atomic mass is 9.97. The van der Waals surface area contributed by atoms with E-state index in [2.05, 4.69) is 17.5 Å². The second kappa shape index (κ2) is 13.3. The Hall–Kier alpha value is -3.43. The van der Waals surface area contributed by atoms with Crippen LogP contribution < -0.4 is 15.7 Å². The SMILES string of the molecule is CCCCCOc1ccc(/C=N/NC(=O)CSc2nc3sc4c(c3c(=O)n2-c2ccc(C)cc2)CCCC4)cc1. The number of carbonyl (C=O) groups is 1. The summed E-state index contributed by atoms with van der Waals surface area (Å²) >= 11 is 2.86. The summed E-state index contributed by atoms with van der Waals surface area (Å²) in [6, 6.07) is 15.4. The maximum absolute atomic E-state index is 13.8. The molecule has 0 atom stereocenters. The van der Waals surface area contributed by atoms with E-state index < -0.39 is 0 Å². The standard InChI is InChI=1S/C31H34N4O3S2/c1-3-4-7-18-38-24-16-12-22(13-17-24)19-32-34-27(36)20-39-31-33-29-28(25-8-5-6-9-26(25)40-29)30(37)35(31)23-14-10-21(2)11-15-23/h10-17,19H,3-9,18,20H2,1-2H3,(H,34,36)/b32-19+. The van der Waals surface area contributed by atoms with Crippen LogP contribution >= 0.6 is 23.1 Å². The molecule has 0 unspecified atom stereocenters. The molecule has 40 heavy (non-hydrogen) atoms. The molecule has 1 aliphatic carbocycles. The Morgan fingerprint density at radius 1 is 1.12 bits per heavy atom. The van der Waals surface area contributed by atoms with Gasteiger partial charge in [0, 0.05) is 4.88 Å². The van der Waals surface area contributed by atoms with Crippen molar-refractivity contribution in [3.63, 3.8) is 0 Å². The summed E-state index contributed by atoms with van der Waals surface area (Å²) in [5, 5.41) is 5.35. The summed E-state index contributed by atoms with van der Waals surface area (Å²) in [5.41, 5.74) is 6.40. The first kappa shape index (κ1) is 28.1. The molecule has 5 rings (SSSR count). The molecule has 4 aromatic rings. The molecule has 0 fully saturated rings. The lowest BCUT2D eigenvalue weighted by molar-refractivity contribution is -0.118. The largest absolute Gasteiger partial charge is 0.494 e. The maximum Gasteiger partial charge on any atom is 0.267 e. The van der Waals surface area contributed by atoms with E-state index in [1.807, 2.05) is 55.5 Å². The van der Waals surface area contributed by atoms with Gasteiger partial charge in [0.1, 0.15) is 10.6 Å². The highest BCUT2D eigenvalue weighted by molar-refractivity contribution is 7.99. The highest BCUT2D eigenvalue weighted by Gasteiger charge is 2.23. The first-order valence-corrected chi connectivity index (χ1v) is 15.7. The number of fused-ring (bicyclic) bond motifs is 3. The number of hydrazone groups is 1. The van der Waals surface area contributed by atoms with Gasteiger partial charge in [-0.1, -0.05) is 49.2 Å². The topological polar surface area (TPSA) is 85.6 Å². The third-order valence-corrected chi connectivity index (χ3v) is 9.01. The second-order valence-electron chi connectivity index (χ2n) is 9.97. The monoisotopic (exact) mass is 574 g/mol. The zero-order valence-corrected chi connectivity index (χ0v) is 24.6. The lowest BCUT2D eigenvalue weighted by Gasteiger charge is -2.13. The number of aryl methyl sites for hydroxylation is 3. The summed E-state index contributed by atoms with van der Waals surface area (Å²) < 4.78 is 7.39. The van der Waals surface area contributed by atoms with Crippen LogP contribution in [0.5, 0.6) is 5.75 Å². The second-order valence-corrected chi connectivity index (χ2v) is 12.0. The van der Waals surface area contributed by atoms with Crippen LogP contribution in [0.15, 0.2) is 63.6 Å². The van der Waals surface area contributed by atoms with Crippen molar-refractivity contribution in [1.82, 2.24) is 15.0 Å². The summed E-state index contributed by atoms with van der Waals surface area (Å²) in [5.74, 6) is 0.633. The van der Waals surface area contributed by atoms with E-state index in [-0.39, 0.29) is 17.2 Å². The molecule has 2 heterocycles. The van der Waals surface area contributed by atoms with Crippen molar-refractivity contribution in [1.29, 1.82) is 0 Å². The predicted octanol–water partition coefficient (Wildman–Crippen LogP) is 6.45. The van der Waals surface area contributed by atoms with Gasteiger partial charge in [0.25, 0.3) is 11.5 Å². The number of thiophene rings is 1.